The van der Waals surface area contributed by atoms with Gasteiger partial charge in [0.25, 0.3) is 0 Å². The summed E-state index contributed by atoms with van der Waals surface area (Å²) in [5.41, 5.74) is 0. The standard InChI is InChI=1S/CH2O3.2Al.3Mg.12H2O.Zn/c2-1(3)4;;;;;;;;;;;;;;;;;;/h(H2,2,3,4);;;;;;12*1H2;/q;2*+3;3*+2;;;;;;;;;;;;;+2/p-14. The van der Waals surface area contributed by atoms with E-state index < -0.39 is 6.16 Å². The Bertz CT molecular complexity index is 55.8. The minimum atomic E-state index is -2.33. The van der Waals surface area contributed by atoms with Crippen LogP contribution in [0.2, 0.25) is 0 Å². The minimum Gasteiger partial charge on any atom is -0.870 e. The van der Waals surface area contributed by atoms with Crippen molar-refractivity contribution in [3.8, 4) is 0 Å². The zero-order valence-corrected chi connectivity index (χ0v) is 20.6. The molecule has 0 atom stereocenters. The molecule has 0 saturated carbocycles. The van der Waals surface area contributed by atoms with E-state index in [4.69, 9.17) is 15.0 Å². The zero-order chi connectivity index (χ0) is 3.58. The third-order valence-corrected chi connectivity index (χ3v) is 0. The molecule has 22 heavy (non-hydrogen) atoms. The van der Waals surface area contributed by atoms with Gasteiger partial charge in [-0.3, -0.25) is 0 Å². The number of hydrogen-bond acceptors (Lipinski definition) is 15. The molecule has 0 spiro atoms. The fourth-order valence-electron chi connectivity index (χ4n) is 0. The second kappa shape index (κ2) is 370. The predicted molar refractivity (Wildman–Crippen MR) is 57.4 cm³/mol. The molecule has 0 fully saturated rings. The Morgan fingerprint density at radius 1 is 0.455 bits per heavy atom. The summed E-state index contributed by atoms with van der Waals surface area (Å²) in [6.45, 7) is 0. The molecule has 0 rings (SSSR count). The van der Waals surface area contributed by atoms with Gasteiger partial charge in [-0.05, 0) is 6.16 Å². The minimum absolute atomic E-state index is 0. The van der Waals surface area contributed by atoms with Crippen molar-refractivity contribution in [2.75, 3.05) is 0 Å². The molecule has 0 saturated heterocycles. The molecule has 0 unspecified atom stereocenters. The van der Waals surface area contributed by atoms with Crippen molar-refractivity contribution in [2.24, 2.45) is 0 Å². The molecular weight excluding hydrogens is 444 g/mol. The van der Waals surface area contributed by atoms with E-state index in [1.807, 2.05) is 0 Å². The van der Waals surface area contributed by atoms with Gasteiger partial charge in [-0.1, -0.05) is 0 Å². The van der Waals surface area contributed by atoms with Crippen molar-refractivity contribution in [3.63, 3.8) is 0 Å². The second-order valence-electron chi connectivity index (χ2n) is 0.250. The first-order valence-electron chi connectivity index (χ1n) is 0.612. The average Bonchev–Trinajstić information content (AvgIpc) is 0.811. The van der Waals surface area contributed by atoms with E-state index in [2.05, 4.69) is 0 Å². The molecule has 0 heterocycles. The van der Waals surface area contributed by atoms with Crippen LogP contribution < -0.4 is 10.2 Å². The van der Waals surface area contributed by atoms with Gasteiger partial charge in [-0.2, -0.15) is 0 Å². The second-order valence-corrected chi connectivity index (χ2v) is 0.250. The molecule has 0 aliphatic carbocycles. The van der Waals surface area contributed by atoms with Crippen molar-refractivity contribution < 1.29 is 100 Å². The smallest absolute Gasteiger partial charge is 0.870 e. The Labute approximate surface area is 208 Å². The van der Waals surface area contributed by atoms with E-state index in [0.29, 0.717) is 0 Å². The van der Waals surface area contributed by atoms with Crippen LogP contribution in [0, 0.1) is 0 Å². The van der Waals surface area contributed by atoms with E-state index >= 15 is 0 Å². The Morgan fingerprint density at radius 3 is 0.455 bits per heavy atom. The van der Waals surface area contributed by atoms with Crippen LogP contribution >= 0.6 is 0 Å². The predicted octanol–water partition coefficient (Wildman–Crippen LogP) is -6.48. The van der Waals surface area contributed by atoms with Crippen molar-refractivity contribution in [1.82, 2.24) is 0 Å². The molecule has 0 aromatic carbocycles. The number of carbonyl (C=O) groups excluding carboxylic acids is 1. The number of hydrogen-bond donors (Lipinski definition) is 0. The fraction of sp³-hybridized carbons (Fsp3) is 0. The van der Waals surface area contributed by atoms with E-state index in [1.165, 1.54) is 0 Å². The summed E-state index contributed by atoms with van der Waals surface area (Å²) in [5, 5.41) is 16.7. The molecule has 0 aliphatic heterocycles. The molecule has 0 amide bonds. The van der Waals surface area contributed by atoms with Crippen LogP contribution in [0.15, 0.2) is 0 Å². The number of carboxylic acid groups (broad SMARTS) is 2. The van der Waals surface area contributed by atoms with E-state index in [0.717, 1.165) is 0 Å². The third-order valence-electron chi connectivity index (χ3n) is 0. The van der Waals surface area contributed by atoms with Gasteiger partial charge in [0.15, 0.2) is 0 Å². The molecule has 15 nitrogen and oxygen atoms in total. The van der Waals surface area contributed by atoms with Gasteiger partial charge in [0.05, 0.1) is 0 Å². The molecule has 0 bridgehead atoms. The SMILES string of the molecule is O=C([O-])[O-].[Al+3].[Al+3].[Mg+2].[Mg+2].[Mg+2].[OH-].[OH-].[OH-].[OH-].[OH-].[OH-].[OH-].[OH-].[OH-].[OH-].[OH-].[OH-].[Zn+2]. The van der Waals surface area contributed by atoms with Crippen molar-refractivity contribution in [3.05, 3.63) is 0 Å². The van der Waals surface area contributed by atoms with Gasteiger partial charge in [0.1, 0.15) is 0 Å². The molecule has 12 N–H and O–H groups in total. The molecular formula is CH12Al2Mg3O15Zn. The normalized spacial score (nSPS) is 1.09. The Balaban J connectivity index is -0.000000000294. The summed E-state index contributed by atoms with van der Waals surface area (Å²) in [4.78, 5) is 8.33. The van der Waals surface area contributed by atoms with Crippen LogP contribution in [0.4, 0.5) is 4.79 Å². The molecule has 120 valence electrons. The summed E-state index contributed by atoms with van der Waals surface area (Å²) in [7, 11) is 0. The summed E-state index contributed by atoms with van der Waals surface area (Å²) >= 11 is 0. The summed E-state index contributed by atoms with van der Waals surface area (Å²) in [6.07, 6.45) is -2.33. The maximum absolute atomic E-state index is 8.33. The van der Waals surface area contributed by atoms with E-state index in [1.54, 1.807) is 0 Å². The maximum Gasteiger partial charge on any atom is 3.00 e. The first-order valence-corrected chi connectivity index (χ1v) is 0.612. The number of carbonyl (C=O) groups is 1. The van der Waals surface area contributed by atoms with Crippen molar-refractivity contribution in [2.45, 2.75) is 0 Å². The molecule has 21 heteroatoms. The van der Waals surface area contributed by atoms with E-state index in [9.17, 15) is 0 Å². The van der Waals surface area contributed by atoms with E-state index in [-0.39, 0.29) is 189 Å². The largest absolute Gasteiger partial charge is 3.00 e. The zero-order valence-electron chi connectivity index (χ0n) is 11.1. The number of rotatable bonds is 0. The van der Waals surface area contributed by atoms with Crippen LogP contribution in [-0.4, -0.2) is 176 Å². The van der Waals surface area contributed by atoms with Gasteiger partial charge >= 0.3 is 123 Å². The van der Waals surface area contributed by atoms with Crippen molar-refractivity contribution in [1.29, 1.82) is 0 Å². The van der Waals surface area contributed by atoms with Gasteiger partial charge in [0, 0.05) is 0 Å². The van der Waals surface area contributed by atoms with Crippen molar-refractivity contribution >= 4 is 110 Å². The quantitative estimate of drug-likeness (QED) is 0.305. The van der Waals surface area contributed by atoms with Gasteiger partial charge in [-0.25, -0.2) is 0 Å². The first kappa shape index (κ1) is 420. The molecule has 0 radical (unpaired) electrons. The Kier molecular flexibility index (Phi) is 7050. The van der Waals surface area contributed by atoms with Crippen LogP contribution in [0.3, 0.4) is 0 Å². The van der Waals surface area contributed by atoms with Crippen LogP contribution in [0.25, 0.3) is 0 Å². The Hall–Kier alpha value is 2.78. The topological polar surface area (TPSA) is 423 Å². The molecule has 0 aliphatic rings. The Morgan fingerprint density at radius 2 is 0.455 bits per heavy atom. The molecule has 0 aromatic rings. The first-order chi connectivity index (χ1) is 1.73. The third kappa shape index (κ3) is 1400. The monoisotopic (exact) mass is 454 g/mol. The van der Waals surface area contributed by atoms with Gasteiger partial charge in [0.2, 0.25) is 0 Å². The maximum atomic E-state index is 8.33. The van der Waals surface area contributed by atoms with Crippen LogP contribution in [-0.2, 0) is 19.5 Å². The average molecular weight is 456 g/mol. The van der Waals surface area contributed by atoms with Crippen LogP contribution in [0.1, 0.15) is 0 Å². The van der Waals surface area contributed by atoms with Gasteiger partial charge in [-0.15, -0.1) is 0 Å². The summed E-state index contributed by atoms with van der Waals surface area (Å²) in [5.74, 6) is 0. The molecule has 0 aromatic heterocycles. The van der Waals surface area contributed by atoms with Crippen LogP contribution in [0.5, 0.6) is 0 Å². The fourth-order valence-corrected chi connectivity index (χ4v) is 0. The summed E-state index contributed by atoms with van der Waals surface area (Å²) in [6, 6.07) is 0. The van der Waals surface area contributed by atoms with Gasteiger partial charge < -0.3 is 80.7 Å². The summed E-state index contributed by atoms with van der Waals surface area (Å²) < 4.78 is 0.